The van der Waals surface area contributed by atoms with Crippen LogP contribution in [-0.4, -0.2) is 54.5 Å². The van der Waals surface area contributed by atoms with Crippen LogP contribution in [0.1, 0.15) is 13.8 Å². The van der Waals surface area contributed by atoms with Crippen molar-refractivity contribution in [3.8, 4) is 0 Å². The number of hydrogen-bond donors (Lipinski definition) is 1. The minimum Gasteiger partial charge on any atom is -0.368 e. The molecule has 0 saturated heterocycles. The van der Waals surface area contributed by atoms with E-state index in [4.69, 9.17) is 0 Å². The number of aromatic nitrogens is 2. The first-order valence-corrected chi connectivity index (χ1v) is 5.90. The van der Waals surface area contributed by atoms with E-state index in [2.05, 4.69) is 15.3 Å². The van der Waals surface area contributed by atoms with Crippen molar-refractivity contribution in [1.29, 1.82) is 0 Å². The molecular formula is C12H21N5O. The summed E-state index contributed by atoms with van der Waals surface area (Å²) in [5.74, 6) is 1.52. The molecule has 0 aromatic carbocycles. The first-order valence-electron chi connectivity index (χ1n) is 5.90. The van der Waals surface area contributed by atoms with Crippen molar-refractivity contribution >= 4 is 17.5 Å². The van der Waals surface area contributed by atoms with Gasteiger partial charge in [-0.1, -0.05) is 0 Å². The fraction of sp³-hybridized carbons (Fsp3) is 0.583. The fourth-order valence-electron chi connectivity index (χ4n) is 1.36. The first kappa shape index (κ1) is 14.2. The Morgan fingerprint density at radius 3 is 2.56 bits per heavy atom. The van der Waals surface area contributed by atoms with E-state index >= 15 is 0 Å². The van der Waals surface area contributed by atoms with E-state index in [9.17, 15) is 4.79 Å². The highest BCUT2D eigenvalue weighted by Crippen LogP contribution is 2.13. The second-order valence-corrected chi connectivity index (χ2v) is 4.70. The van der Waals surface area contributed by atoms with E-state index in [1.54, 1.807) is 23.9 Å². The van der Waals surface area contributed by atoms with Gasteiger partial charge in [0.25, 0.3) is 0 Å². The summed E-state index contributed by atoms with van der Waals surface area (Å²) in [7, 11) is 5.31. The third kappa shape index (κ3) is 4.20. The van der Waals surface area contributed by atoms with Crippen LogP contribution in [0.5, 0.6) is 0 Å². The van der Waals surface area contributed by atoms with Gasteiger partial charge in [0.1, 0.15) is 18.0 Å². The lowest BCUT2D eigenvalue weighted by Gasteiger charge is -2.20. The molecule has 1 aromatic rings. The number of anilines is 2. The Morgan fingerprint density at radius 2 is 2.00 bits per heavy atom. The van der Waals surface area contributed by atoms with Gasteiger partial charge in [0.15, 0.2) is 0 Å². The van der Waals surface area contributed by atoms with Crippen LogP contribution in [-0.2, 0) is 4.79 Å². The Hall–Kier alpha value is -1.85. The van der Waals surface area contributed by atoms with Gasteiger partial charge in [-0.05, 0) is 13.8 Å². The second kappa shape index (κ2) is 6.18. The van der Waals surface area contributed by atoms with Crippen LogP contribution >= 0.6 is 0 Å². The van der Waals surface area contributed by atoms with Crippen LogP contribution in [0, 0.1) is 0 Å². The lowest BCUT2D eigenvalue weighted by Crippen LogP contribution is -2.34. The maximum Gasteiger partial charge on any atom is 0.241 e. The van der Waals surface area contributed by atoms with Crippen molar-refractivity contribution in [3.05, 3.63) is 12.4 Å². The van der Waals surface area contributed by atoms with Gasteiger partial charge in [0.05, 0.1) is 6.54 Å². The molecule has 0 fully saturated rings. The predicted octanol–water partition coefficient (Wildman–Crippen LogP) is 0.821. The van der Waals surface area contributed by atoms with E-state index in [1.807, 2.05) is 27.0 Å². The largest absolute Gasteiger partial charge is 0.368 e. The van der Waals surface area contributed by atoms with Gasteiger partial charge in [-0.25, -0.2) is 9.97 Å². The molecule has 1 rings (SSSR count). The quantitative estimate of drug-likeness (QED) is 0.839. The number of amides is 1. The molecule has 1 amide bonds. The number of carbonyl (C=O) groups excluding carboxylic acids is 1. The number of likely N-dealkylation sites (N-methyl/N-ethyl adjacent to an activating group) is 2. The summed E-state index contributed by atoms with van der Waals surface area (Å²) in [5.41, 5.74) is 0. The van der Waals surface area contributed by atoms with Crippen molar-refractivity contribution in [2.75, 3.05) is 37.9 Å². The number of nitrogens with zero attached hydrogens (tertiary/aromatic N) is 4. The average molecular weight is 251 g/mol. The SMILES string of the molecule is CC(C)Nc1cc(N(C)CC(=O)N(C)C)ncn1. The molecular weight excluding hydrogens is 230 g/mol. The van der Waals surface area contributed by atoms with Gasteiger partial charge < -0.3 is 15.1 Å². The monoisotopic (exact) mass is 251 g/mol. The lowest BCUT2D eigenvalue weighted by atomic mass is 10.4. The van der Waals surface area contributed by atoms with Crippen molar-refractivity contribution in [1.82, 2.24) is 14.9 Å². The van der Waals surface area contributed by atoms with E-state index in [0.717, 1.165) is 11.6 Å². The zero-order chi connectivity index (χ0) is 13.7. The Morgan fingerprint density at radius 1 is 1.33 bits per heavy atom. The van der Waals surface area contributed by atoms with Crippen LogP contribution in [0.3, 0.4) is 0 Å². The Bertz CT molecular complexity index is 405. The molecule has 0 radical (unpaired) electrons. The van der Waals surface area contributed by atoms with Gasteiger partial charge in [-0.3, -0.25) is 4.79 Å². The Kier molecular flexibility index (Phi) is 4.88. The third-order valence-corrected chi connectivity index (χ3v) is 2.35. The molecule has 0 aliphatic carbocycles. The highest BCUT2D eigenvalue weighted by molar-refractivity contribution is 5.80. The van der Waals surface area contributed by atoms with Gasteiger partial charge in [-0.15, -0.1) is 0 Å². The third-order valence-electron chi connectivity index (χ3n) is 2.35. The maximum atomic E-state index is 11.6. The normalized spacial score (nSPS) is 10.3. The molecule has 6 heteroatoms. The zero-order valence-electron chi connectivity index (χ0n) is 11.6. The summed E-state index contributed by atoms with van der Waals surface area (Å²) in [6.45, 7) is 4.38. The summed E-state index contributed by atoms with van der Waals surface area (Å²) in [5, 5.41) is 3.20. The van der Waals surface area contributed by atoms with Crippen LogP contribution < -0.4 is 10.2 Å². The van der Waals surface area contributed by atoms with Crippen molar-refractivity contribution in [3.63, 3.8) is 0 Å². The van der Waals surface area contributed by atoms with Gasteiger partial charge in [0, 0.05) is 33.3 Å². The van der Waals surface area contributed by atoms with Gasteiger partial charge in [-0.2, -0.15) is 0 Å². The van der Waals surface area contributed by atoms with Crippen LogP contribution in [0.2, 0.25) is 0 Å². The molecule has 18 heavy (non-hydrogen) atoms. The molecule has 0 atom stereocenters. The van der Waals surface area contributed by atoms with E-state index in [1.165, 1.54) is 6.33 Å². The molecule has 6 nitrogen and oxygen atoms in total. The summed E-state index contributed by atoms with van der Waals surface area (Å²) < 4.78 is 0. The highest BCUT2D eigenvalue weighted by atomic mass is 16.2. The smallest absolute Gasteiger partial charge is 0.241 e. The molecule has 0 spiro atoms. The van der Waals surface area contributed by atoms with E-state index in [0.29, 0.717) is 12.6 Å². The molecule has 0 aliphatic heterocycles. The summed E-state index contributed by atoms with van der Waals surface area (Å²) in [6.07, 6.45) is 1.50. The average Bonchev–Trinajstić information content (AvgIpc) is 2.28. The van der Waals surface area contributed by atoms with Crippen LogP contribution in [0.25, 0.3) is 0 Å². The van der Waals surface area contributed by atoms with Gasteiger partial charge in [0.2, 0.25) is 5.91 Å². The van der Waals surface area contributed by atoms with E-state index in [-0.39, 0.29) is 5.91 Å². The van der Waals surface area contributed by atoms with Crippen molar-refractivity contribution < 1.29 is 4.79 Å². The minimum absolute atomic E-state index is 0.0366. The topological polar surface area (TPSA) is 61.4 Å². The standard InChI is InChI=1S/C12H21N5O/c1-9(2)15-10-6-11(14-8-13-10)17(5)7-12(18)16(3)4/h6,8-9H,7H2,1-5H3,(H,13,14,15). The lowest BCUT2D eigenvalue weighted by molar-refractivity contribution is -0.127. The molecule has 1 N–H and O–H groups in total. The van der Waals surface area contributed by atoms with Crippen molar-refractivity contribution in [2.45, 2.75) is 19.9 Å². The molecule has 0 aliphatic rings. The minimum atomic E-state index is 0.0366. The van der Waals surface area contributed by atoms with Gasteiger partial charge >= 0.3 is 0 Å². The molecule has 0 unspecified atom stereocenters. The Labute approximate surface area is 108 Å². The second-order valence-electron chi connectivity index (χ2n) is 4.70. The fourth-order valence-corrected chi connectivity index (χ4v) is 1.36. The number of hydrogen-bond acceptors (Lipinski definition) is 5. The number of rotatable bonds is 5. The predicted molar refractivity (Wildman–Crippen MR) is 72.8 cm³/mol. The molecule has 1 aromatic heterocycles. The number of nitrogens with one attached hydrogen (secondary N) is 1. The molecule has 0 bridgehead atoms. The summed E-state index contributed by atoms with van der Waals surface area (Å²) >= 11 is 0. The summed E-state index contributed by atoms with van der Waals surface area (Å²) in [4.78, 5) is 23.3. The number of carbonyl (C=O) groups is 1. The zero-order valence-corrected chi connectivity index (χ0v) is 11.6. The summed E-state index contributed by atoms with van der Waals surface area (Å²) in [6, 6.07) is 2.14. The first-order chi connectivity index (χ1) is 8.40. The highest BCUT2D eigenvalue weighted by Gasteiger charge is 2.11. The van der Waals surface area contributed by atoms with E-state index < -0.39 is 0 Å². The molecule has 100 valence electrons. The van der Waals surface area contributed by atoms with Crippen molar-refractivity contribution in [2.24, 2.45) is 0 Å². The molecule has 0 saturated carbocycles. The van der Waals surface area contributed by atoms with Crippen LogP contribution in [0.15, 0.2) is 12.4 Å². The van der Waals surface area contributed by atoms with Crippen LogP contribution in [0.4, 0.5) is 11.6 Å². The molecule has 1 heterocycles. The Balaban J connectivity index is 2.73. The maximum absolute atomic E-state index is 11.6.